The standard InChI is InChI=1S/C16H12BBrN2/c18-13-8-2-1-7-12(13)17-19-14-9-3-5-11-6-4-10-15(20-17)16(11)14/h1-10,19-20H. The van der Waals surface area contributed by atoms with Crippen LogP contribution in [-0.4, -0.2) is 6.98 Å². The van der Waals surface area contributed by atoms with E-state index in [0.717, 1.165) is 4.47 Å². The minimum absolute atomic E-state index is 0.0751. The van der Waals surface area contributed by atoms with Crippen LogP contribution in [-0.2, 0) is 0 Å². The Kier molecular flexibility index (Phi) is 2.71. The third kappa shape index (κ3) is 1.80. The molecule has 0 aliphatic carbocycles. The van der Waals surface area contributed by atoms with Gasteiger partial charge in [0, 0.05) is 21.2 Å². The van der Waals surface area contributed by atoms with Crippen molar-refractivity contribution < 1.29 is 0 Å². The summed E-state index contributed by atoms with van der Waals surface area (Å²) < 4.78 is 1.11. The first-order valence-electron chi connectivity index (χ1n) is 6.62. The molecule has 0 amide bonds. The molecular formula is C16H12BBrN2. The van der Waals surface area contributed by atoms with Gasteiger partial charge < -0.3 is 10.5 Å². The van der Waals surface area contributed by atoms with Gasteiger partial charge in [-0.3, -0.25) is 0 Å². The molecule has 0 saturated heterocycles. The van der Waals surface area contributed by atoms with E-state index >= 15 is 0 Å². The van der Waals surface area contributed by atoms with Gasteiger partial charge in [-0.25, -0.2) is 0 Å². The van der Waals surface area contributed by atoms with E-state index < -0.39 is 0 Å². The topological polar surface area (TPSA) is 24.1 Å². The van der Waals surface area contributed by atoms with Gasteiger partial charge in [-0.2, -0.15) is 0 Å². The van der Waals surface area contributed by atoms with E-state index in [0.29, 0.717) is 0 Å². The van der Waals surface area contributed by atoms with E-state index in [1.54, 1.807) is 0 Å². The number of hydrogen-bond acceptors (Lipinski definition) is 2. The molecule has 0 aromatic heterocycles. The smallest absolute Gasteiger partial charge is 0.405 e. The number of hydrogen-bond donors (Lipinski definition) is 2. The van der Waals surface area contributed by atoms with Crippen molar-refractivity contribution in [3.05, 3.63) is 65.1 Å². The molecule has 0 radical (unpaired) electrons. The van der Waals surface area contributed by atoms with Gasteiger partial charge in [0.1, 0.15) is 0 Å². The second-order valence-corrected chi connectivity index (χ2v) is 5.81. The van der Waals surface area contributed by atoms with E-state index in [1.807, 2.05) is 6.07 Å². The first-order chi connectivity index (χ1) is 9.83. The lowest BCUT2D eigenvalue weighted by Crippen LogP contribution is -2.48. The number of halogens is 1. The maximum absolute atomic E-state index is 3.63. The summed E-state index contributed by atoms with van der Waals surface area (Å²) in [5.41, 5.74) is 3.56. The summed E-state index contributed by atoms with van der Waals surface area (Å²) >= 11 is 3.63. The van der Waals surface area contributed by atoms with Crippen LogP contribution in [0.2, 0.25) is 0 Å². The summed E-state index contributed by atoms with van der Waals surface area (Å²) in [6.07, 6.45) is 0. The van der Waals surface area contributed by atoms with Gasteiger partial charge in [0.15, 0.2) is 0 Å². The Labute approximate surface area is 126 Å². The molecule has 2 N–H and O–H groups in total. The Bertz CT molecular complexity index is 763. The van der Waals surface area contributed by atoms with Gasteiger partial charge >= 0.3 is 6.98 Å². The second-order valence-electron chi connectivity index (χ2n) is 4.95. The largest absolute Gasteiger partial charge is 0.407 e. The fourth-order valence-corrected chi connectivity index (χ4v) is 3.31. The Morgan fingerprint density at radius 1 is 0.750 bits per heavy atom. The van der Waals surface area contributed by atoms with Crippen LogP contribution < -0.4 is 15.9 Å². The molecule has 0 atom stereocenters. The highest BCUT2D eigenvalue weighted by Gasteiger charge is 2.26. The Morgan fingerprint density at radius 3 is 2.05 bits per heavy atom. The second kappa shape index (κ2) is 4.56. The van der Waals surface area contributed by atoms with Crippen LogP contribution in [0, 0.1) is 0 Å². The molecule has 0 unspecified atom stereocenters. The number of nitrogens with one attached hydrogen (secondary N) is 2. The summed E-state index contributed by atoms with van der Waals surface area (Å²) in [5, 5.41) is 9.67. The molecule has 0 bridgehead atoms. The molecule has 3 aromatic rings. The molecule has 2 nitrogen and oxygen atoms in total. The summed E-state index contributed by atoms with van der Waals surface area (Å²) in [7, 11) is 0. The average Bonchev–Trinajstić information content (AvgIpc) is 2.48. The molecular weight excluding hydrogens is 311 g/mol. The lowest BCUT2D eigenvalue weighted by Gasteiger charge is -2.27. The van der Waals surface area contributed by atoms with Gasteiger partial charge in [0.2, 0.25) is 0 Å². The van der Waals surface area contributed by atoms with Gasteiger partial charge in [-0.1, -0.05) is 58.4 Å². The summed E-state index contributed by atoms with van der Waals surface area (Å²) in [6, 6.07) is 21.0. The predicted molar refractivity (Wildman–Crippen MR) is 90.7 cm³/mol. The minimum Gasteiger partial charge on any atom is -0.405 e. The molecule has 20 heavy (non-hydrogen) atoms. The van der Waals surface area contributed by atoms with Crippen molar-refractivity contribution in [2.75, 3.05) is 10.5 Å². The average molecular weight is 323 g/mol. The fraction of sp³-hybridized carbons (Fsp3) is 0. The van der Waals surface area contributed by atoms with Crippen LogP contribution in [0.25, 0.3) is 10.8 Å². The molecule has 96 valence electrons. The van der Waals surface area contributed by atoms with Gasteiger partial charge in [0.25, 0.3) is 0 Å². The highest BCUT2D eigenvalue weighted by atomic mass is 79.9. The molecule has 0 spiro atoms. The van der Waals surface area contributed by atoms with E-state index in [9.17, 15) is 0 Å². The molecule has 1 heterocycles. The number of rotatable bonds is 1. The fourth-order valence-electron chi connectivity index (χ4n) is 2.79. The number of benzene rings is 3. The van der Waals surface area contributed by atoms with Crippen LogP contribution in [0.3, 0.4) is 0 Å². The first kappa shape index (κ1) is 11.9. The SMILES string of the molecule is Brc1ccccc1B1Nc2cccc3cccc(c23)N1. The summed E-state index contributed by atoms with van der Waals surface area (Å²) in [5.74, 6) is 0. The number of anilines is 2. The quantitative estimate of drug-likeness (QED) is 0.665. The minimum atomic E-state index is 0.0751. The highest BCUT2D eigenvalue weighted by Crippen LogP contribution is 2.33. The third-order valence-electron chi connectivity index (χ3n) is 3.72. The lowest BCUT2D eigenvalue weighted by molar-refractivity contribution is 1.59. The van der Waals surface area contributed by atoms with Crippen LogP contribution in [0.1, 0.15) is 0 Å². The predicted octanol–water partition coefficient (Wildman–Crippen LogP) is 3.84. The van der Waals surface area contributed by atoms with Gasteiger partial charge in [-0.05, 0) is 29.0 Å². The van der Waals surface area contributed by atoms with Gasteiger partial charge in [0.05, 0.1) is 0 Å². The van der Waals surface area contributed by atoms with E-state index in [4.69, 9.17) is 0 Å². The maximum atomic E-state index is 3.63. The van der Waals surface area contributed by atoms with Crippen molar-refractivity contribution in [2.24, 2.45) is 0 Å². The molecule has 0 fully saturated rings. The van der Waals surface area contributed by atoms with Crippen LogP contribution in [0.5, 0.6) is 0 Å². The molecule has 1 aliphatic heterocycles. The Balaban J connectivity index is 1.86. The van der Waals surface area contributed by atoms with E-state index in [-0.39, 0.29) is 6.98 Å². The van der Waals surface area contributed by atoms with Crippen LogP contribution in [0.15, 0.2) is 65.1 Å². The first-order valence-corrected chi connectivity index (χ1v) is 7.41. The highest BCUT2D eigenvalue weighted by molar-refractivity contribution is 9.10. The zero-order valence-corrected chi connectivity index (χ0v) is 12.3. The zero-order chi connectivity index (χ0) is 13.5. The maximum Gasteiger partial charge on any atom is 0.407 e. The monoisotopic (exact) mass is 322 g/mol. The van der Waals surface area contributed by atoms with E-state index in [2.05, 4.69) is 81.0 Å². The van der Waals surface area contributed by atoms with E-state index in [1.165, 1.54) is 27.6 Å². The third-order valence-corrected chi connectivity index (χ3v) is 4.44. The molecule has 4 rings (SSSR count). The van der Waals surface area contributed by atoms with Crippen molar-refractivity contribution in [3.8, 4) is 0 Å². The van der Waals surface area contributed by atoms with Crippen molar-refractivity contribution in [1.82, 2.24) is 0 Å². The Hall–Kier alpha value is -1.94. The van der Waals surface area contributed by atoms with Crippen molar-refractivity contribution >= 4 is 50.5 Å². The van der Waals surface area contributed by atoms with Crippen LogP contribution in [0.4, 0.5) is 11.4 Å². The molecule has 4 heteroatoms. The normalized spacial score (nSPS) is 12.9. The summed E-state index contributed by atoms with van der Waals surface area (Å²) in [6.45, 7) is 0.0751. The summed E-state index contributed by atoms with van der Waals surface area (Å²) in [4.78, 5) is 0. The van der Waals surface area contributed by atoms with Crippen molar-refractivity contribution in [1.29, 1.82) is 0 Å². The lowest BCUT2D eigenvalue weighted by atomic mass is 9.66. The van der Waals surface area contributed by atoms with Crippen molar-refractivity contribution in [2.45, 2.75) is 0 Å². The molecule has 0 saturated carbocycles. The zero-order valence-electron chi connectivity index (χ0n) is 10.7. The van der Waals surface area contributed by atoms with Crippen molar-refractivity contribution in [3.63, 3.8) is 0 Å². The molecule has 3 aromatic carbocycles. The van der Waals surface area contributed by atoms with Gasteiger partial charge in [-0.15, -0.1) is 0 Å². The van der Waals surface area contributed by atoms with Crippen LogP contribution >= 0.6 is 15.9 Å². The molecule has 1 aliphatic rings. The Morgan fingerprint density at radius 2 is 1.40 bits per heavy atom.